The number of rotatable bonds is 6. The lowest BCUT2D eigenvalue weighted by Gasteiger charge is -2.08. The lowest BCUT2D eigenvalue weighted by molar-refractivity contribution is -0.118. The van der Waals surface area contributed by atoms with Crippen LogP contribution in [0.2, 0.25) is 0 Å². The van der Waals surface area contributed by atoms with E-state index >= 15 is 0 Å². The van der Waals surface area contributed by atoms with Gasteiger partial charge in [-0.15, -0.1) is 0 Å². The van der Waals surface area contributed by atoms with Crippen LogP contribution in [0.4, 0.5) is 11.5 Å². The quantitative estimate of drug-likeness (QED) is 0.860. The van der Waals surface area contributed by atoms with Crippen molar-refractivity contribution in [3.05, 3.63) is 48.2 Å². The molecule has 0 saturated heterocycles. The second kappa shape index (κ2) is 6.47. The van der Waals surface area contributed by atoms with E-state index in [-0.39, 0.29) is 12.5 Å². The Balaban J connectivity index is 1.47. The summed E-state index contributed by atoms with van der Waals surface area (Å²) in [4.78, 5) is 16.1. The molecule has 0 spiro atoms. The van der Waals surface area contributed by atoms with Crippen LogP contribution in [0.1, 0.15) is 18.4 Å². The number of carbonyl (C=O) groups is 1. The van der Waals surface area contributed by atoms with Gasteiger partial charge in [-0.3, -0.25) is 4.79 Å². The molecule has 2 aromatic rings. The summed E-state index contributed by atoms with van der Waals surface area (Å²) in [7, 11) is 0. The van der Waals surface area contributed by atoms with E-state index in [1.165, 1.54) is 12.8 Å². The number of aryl methyl sites for hydroxylation is 1. The Kier molecular flexibility index (Phi) is 4.23. The number of nitrogens with zero attached hydrogens (tertiary/aromatic N) is 1. The van der Waals surface area contributed by atoms with Gasteiger partial charge in [0.1, 0.15) is 11.6 Å². The van der Waals surface area contributed by atoms with Gasteiger partial charge in [0.25, 0.3) is 5.91 Å². The number of amides is 1. The standard InChI is InChI=1S/C17H19N3O2/c1-12-2-7-15(8-3-12)22-11-17(21)20-14-6-9-16(18-10-14)19-13-4-5-13/h2-3,6-10,13H,4-5,11H2,1H3,(H,18,19)(H,20,21). The second-order valence-corrected chi connectivity index (χ2v) is 5.50. The molecule has 1 aromatic heterocycles. The number of nitrogens with one attached hydrogen (secondary N) is 2. The molecule has 0 aliphatic heterocycles. The Morgan fingerprint density at radius 2 is 2.00 bits per heavy atom. The molecule has 0 bridgehead atoms. The molecule has 1 heterocycles. The monoisotopic (exact) mass is 297 g/mol. The Morgan fingerprint density at radius 1 is 1.23 bits per heavy atom. The van der Waals surface area contributed by atoms with Crippen molar-refractivity contribution in [2.45, 2.75) is 25.8 Å². The number of pyridine rings is 1. The molecule has 1 saturated carbocycles. The molecule has 1 amide bonds. The molecule has 114 valence electrons. The van der Waals surface area contributed by atoms with E-state index in [4.69, 9.17) is 4.74 Å². The Morgan fingerprint density at radius 3 is 2.64 bits per heavy atom. The van der Waals surface area contributed by atoms with Crippen molar-refractivity contribution in [2.75, 3.05) is 17.2 Å². The summed E-state index contributed by atoms with van der Waals surface area (Å²) in [5.41, 5.74) is 1.82. The third-order valence-corrected chi connectivity index (χ3v) is 3.37. The van der Waals surface area contributed by atoms with Crippen LogP contribution in [-0.2, 0) is 4.79 Å². The molecule has 1 aliphatic rings. The number of aromatic nitrogens is 1. The van der Waals surface area contributed by atoms with Crippen LogP contribution in [0.5, 0.6) is 5.75 Å². The molecule has 0 atom stereocenters. The largest absolute Gasteiger partial charge is 0.484 e. The number of anilines is 2. The molecule has 1 aliphatic carbocycles. The van der Waals surface area contributed by atoms with Gasteiger partial charge in [-0.25, -0.2) is 4.98 Å². The van der Waals surface area contributed by atoms with Crippen LogP contribution < -0.4 is 15.4 Å². The van der Waals surface area contributed by atoms with Gasteiger partial charge in [-0.2, -0.15) is 0 Å². The maximum atomic E-state index is 11.8. The zero-order valence-corrected chi connectivity index (χ0v) is 12.5. The lowest BCUT2D eigenvalue weighted by atomic mass is 10.2. The average molecular weight is 297 g/mol. The molecule has 0 radical (unpaired) electrons. The zero-order chi connectivity index (χ0) is 15.4. The fourth-order valence-corrected chi connectivity index (χ4v) is 1.97. The number of ether oxygens (including phenoxy) is 1. The van der Waals surface area contributed by atoms with Gasteiger partial charge in [0, 0.05) is 6.04 Å². The highest BCUT2D eigenvalue weighted by molar-refractivity contribution is 5.91. The molecular formula is C17H19N3O2. The van der Waals surface area contributed by atoms with Gasteiger partial charge < -0.3 is 15.4 Å². The van der Waals surface area contributed by atoms with Crippen LogP contribution in [0.15, 0.2) is 42.6 Å². The van der Waals surface area contributed by atoms with Crippen molar-refractivity contribution >= 4 is 17.4 Å². The lowest BCUT2D eigenvalue weighted by Crippen LogP contribution is -2.20. The molecule has 5 nitrogen and oxygen atoms in total. The number of hydrogen-bond donors (Lipinski definition) is 2. The first-order valence-electron chi connectivity index (χ1n) is 7.41. The van der Waals surface area contributed by atoms with Crippen molar-refractivity contribution < 1.29 is 9.53 Å². The summed E-state index contributed by atoms with van der Waals surface area (Å²) in [6.45, 7) is 1.98. The highest BCUT2D eigenvalue weighted by Gasteiger charge is 2.21. The molecular weight excluding hydrogens is 278 g/mol. The maximum Gasteiger partial charge on any atom is 0.262 e. The third-order valence-electron chi connectivity index (χ3n) is 3.37. The van der Waals surface area contributed by atoms with E-state index < -0.39 is 0 Å². The minimum Gasteiger partial charge on any atom is -0.484 e. The van der Waals surface area contributed by atoms with Crippen LogP contribution >= 0.6 is 0 Å². The molecule has 22 heavy (non-hydrogen) atoms. The number of benzene rings is 1. The average Bonchev–Trinajstić information content (AvgIpc) is 3.33. The van der Waals surface area contributed by atoms with E-state index in [0.717, 1.165) is 11.4 Å². The van der Waals surface area contributed by atoms with Gasteiger partial charge in [0.2, 0.25) is 0 Å². The first-order valence-corrected chi connectivity index (χ1v) is 7.41. The molecule has 0 unspecified atom stereocenters. The Hall–Kier alpha value is -2.56. The van der Waals surface area contributed by atoms with Crippen molar-refractivity contribution in [3.63, 3.8) is 0 Å². The van der Waals surface area contributed by atoms with Crippen LogP contribution in [-0.4, -0.2) is 23.5 Å². The maximum absolute atomic E-state index is 11.8. The predicted octanol–water partition coefficient (Wildman–Crippen LogP) is 2.98. The summed E-state index contributed by atoms with van der Waals surface area (Å²) in [6.07, 6.45) is 4.06. The first kappa shape index (κ1) is 14.4. The first-order chi connectivity index (χ1) is 10.7. The zero-order valence-electron chi connectivity index (χ0n) is 12.5. The summed E-state index contributed by atoms with van der Waals surface area (Å²) in [5.74, 6) is 1.32. The van der Waals surface area contributed by atoms with Gasteiger partial charge in [-0.05, 0) is 44.0 Å². The van der Waals surface area contributed by atoms with Crippen molar-refractivity contribution in [1.29, 1.82) is 0 Å². The third kappa shape index (κ3) is 4.22. The van der Waals surface area contributed by atoms with Crippen molar-refractivity contribution in [3.8, 4) is 5.75 Å². The van der Waals surface area contributed by atoms with Crippen LogP contribution in [0.3, 0.4) is 0 Å². The van der Waals surface area contributed by atoms with E-state index in [0.29, 0.717) is 17.5 Å². The minimum absolute atomic E-state index is 0.0227. The molecule has 5 heteroatoms. The van der Waals surface area contributed by atoms with Gasteiger partial charge >= 0.3 is 0 Å². The van der Waals surface area contributed by atoms with Crippen LogP contribution in [0, 0.1) is 6.92 Å². The number of hydrogen-bond acceptors (Lipinski definition) is 4. The fourth-order valence-electron chi connectivity index (χ4n) is 1.97. The normalized spacial score (nSPS) is 13.5. The van der Waals surface area contributed by atoms with E-state index in [2.05, 4.69) is 15.6 Å². The smallest absolute Gasteiger partial charge is 0.262 e. The van der Waals surface area contributed by atoms with E-state index in [1.807, 2.05) is 43.3 Å². The molecule has 2 N–H and O–H groups in total. The summed E-state index contributed by atoms with van der Waals surface area (Å²) in [6, 6.07) is 11.9. The van der Waals surface area contributed by atoms with Gasteiger partial charge in [0.15, 0.2) is 6.61 Å². The highest BCUT2D eigenvalue weighted by Crippen LogP contribution is 2.23. The summed E-state index contributed by atoms with van der Waals surface area (Å²) in [5, 5.41) is 6.06. The predicted molar refractivity (Wildman–Crippen MR) is 86.2 cm³/mol. The van der Waals surface area contributed by atoms with E-state index in [1.54, 1.807) is 6.20 Å². The van der Waals surface area contributed by atoms with Crippen molar-refractivity contribution in [2.24, 2.45) is 0 Å². The second-order valence-electron chi connectivity index (χ2n) is 5.50. The molecule has 1 aromatic carbocycles. The van der Waals surface area contributed by atoms with Gasteiger partial charge in [0.05, 0.1) is 11.9 Å². The Bertz CT molecular complexity index is 634. The molecule has 1 fully saturated rings. The molecule has 3 rings (SSSR count). The van der Waals surface area contributed by atoms with Gasteiger partial charge in [-0.1, -0.05) is 17.7 Å². The number of carbonyl (C=O) groups excluding carboxylic acids is 1. The highest BCUT2D eigenvalue weighted by atomic mass is 16.5. The minimum atomic E-state index is -0.203. The topological polar surface area (TPSA) is 63.2 Å². The van der Waals surface area contributed by atoms with E-state index in [9.17, 15) is 4.79 Å². The van der Waals surface area contributed by atoms with Crippen LogP contribution in [0.25, 0.3) is 0 Å². The fraction of sp³-hybridized carbons (Fsp3) is 0.294. The summed E-state index contributed by atoms with van der Waals surface area (Å²) < 4.78 is 5.43. The Labute approximate surface area is 129 Å². The van der Waals surface area contributed by atoms with Crippen molar-refractivity contribution in [1.82, 2.24) is 4.98 Å². The summed E-state index contributed by atoms with van der Waals surface area (Å²) >= 11 is 0. The SMILES string of the molecule is Cc1ccc(OCC(=O)Nc2ccc(NC3CC3)nc2)cc1.